The monoisotopic (exact) mass is 310 g/mol. The number of halogens is 1. The van der Waals surface area contributed by atoms with Crippen molar-refractivity contribution in [3.63, 3.8) is 0 Å². The molecule has 2 rings (SSSR count). The SMILES string of the molecule is CCCOc1ccc(Br)cc1CNc1ncn[nH]1. The van der Waals surface area contributed by atoms with Crippen molar-refractivity contribution < 1.29 is 4.74 Å². The maximum Gasteiger partial charge on any atom is 0.218 e. The van der Waals surface area contributed by atoms with E-state index in [2.05, 4.69) is 43.4 Å². The molecular formula is C12H15BrN4O. The molecule has 1 aromatic carbocycles. The summed E-state index contributed by atoms with van der Waals surface area (Å²) in [7, 11) is 0. The van der Waals surface area contributed by atoms with E-state index >= 15 is 0 Å². The van der Waals surface area contributed by atoms with Gasteiger partial charge in [-0.1, -0.05) is 22.9 Å². The fraction of sp³-hybridized carbons (Fsp3) is 0.333. The summed E-state index contributed by atoms with van der Waals surface area (Å²) >= 11 is 3.46. The minimum atomic E-state index is 0.633. The molecule has 0 amide bonds. The molecule has 0 unspecified atom stereocenters. The molecule has 0 aliphatic rings. The first-order valence-corrected chi connectivity index (χ1v) is 6.59. The van der Waals surface area contributed by atoms with E-state index < -0.39 is 0 Å². The molecule has 18 heavy (non-hydrogen) atoms. The first kappa shape index (κ1) is 12.9. The van der Waals surface area contributed by atoms with Crippen LogP contribution in [0.1, 0.15) is 18.9 Å². The van der Waals surface area contributed by atoms with Crippen molar-refractivity contribution in [2.45, 2.75) is 19.9 Å². The van der Waals surface area contributed by atoms with Gasteiger partial charge in [-0.3, -0.25) is 0 Å². The number of ether oxygens (including phenoxy) is 1. The van der Waals surface area contributed by atoms with E-state index in [4.69, 9.17) is 4.74 Å². The standard InChI is InChI=1S/C12H15BrN4O/c1-2-5-18-11-4-3-10(13)6-9(11)7-14-12-15-8-16-17-12/h3-4,6,8H,2,5,7H2,1H3,(H2,14,15,16,17). The summed E-state index contributed by atoms with van der Waals surface area (Å²) in [6.45, 7) is 3.44. The number of rotatable bonds is 6. The minimum absolute atomic E-state index is 0.633. The van der Waals surface area contributed by atoms with Gasteiger partial charge in [-0.2, -0.15) is 5.10 Å². The quantitative estimate of drug-likeness (QED) is 0.861. The Labute approximate surface area is 114 Å². The zero-order valence-corrected chi connectivity index (χ0v) is 11.7. The molecule has 2 aromatic rings. The summed E-state index contributed by atoms with van der Waals surface area (Å²) in [5.74, 6) is 1.54. The van der Waals surface area contributed by atoms with Gasteiger partial charge < -0.3 is 10.1 Å². The summed E-state index contributed by atoms with van der Waals surface area (Å²) in [6, 6.07) is 5.98. The Bertz CT molecular complexity index is 487. The Kier molecular flexibility index (Phi) is 4.58. The number of hydrogen-bond acceptors (Lipinski definition) is 4. The summed E-state index contributed by atoms with van der Waals surface area (Å²) in [5.41, 5.74) is 1.08. The van der Waals surface area contributed by atoms with Gasteiger partial charge in [0.05, 0.1) is 6.61 Å². The predicted molar refractivity (Wildman–Crippen MR) is 73.6 cm³/mol. The van der Waals surface area contributed by atoms with E-state index in [-0.39, 0.29) is 0 Å². The molecule has 0 atom stereocenters. The van der Waals surface area contributed by atoms with Gasteiger partial charge in [-0.05, 0) is 24.6 Å². The number of aromatic amines is 1. The van der Waals surface area contributed by atoms with E-state index in [1.807, 2.05) is 18.2 Å². The van der Waals surface area contributed by atoms with Gasteiger partial charge in [0.15, 0.2) is 0 Å². The van der Waals surface area contributed by atoms with E-state index in [9.17, 15) is 0 Å². The van der Waals surface area contributed by atoms with E-state index in [1.165, 1.54) is 6.33 Å². The van der Waals surface area contributed by atoms with Crippen LogP contribution in [0.2, 0.25) is 0 Å². The van der Waals surface area contributed by atoms with Crippen LogP contribution >= 0.6 is 15.9 Å². The number of nitrogens with zero attached hydrogens (tertiary/aromatic N) is 2. The molecule has 1 aromatic heterocycles. The molecule has 0 saturated heterocycles. The maximum atomic E-state index is 5.70. The highest BCUT2D eigenvalue weighted by molar-refractivity contribution is 9.10. The Hall–Kier alpha value is -1.56. The molecule has 0 radical (unpaired) electrons. The topological polar surface area (TPSA) is 62.8 Å². The van der Waals surface area contributed by atoms with Crippen molar-refractivity contribution in [1.82, 2.24) is 15.2 Å². The van der Waals surface area contributed by atoms with E-state index in [1.54, 1.807) is 0 Å². The van der Waals surface area contributed by atoms with Gasteiger partial charge in [-0.15, -0.1) is 0 Å². The lowest BCUT2D eigenvalue weighted by atomic mass is 10.2. The lowest BCUT2D eigenvalue weighted by Gasteiger charge is -2.11. The number of aromatic nitrogens is 3. The summed E-state index contributed by atoms with van der Waals surface area (Å²) in [5, 5.41) is 9.70. The molecule has 0 aliphatic carbocycles. The van der Waals surface area contributed by atoms with Gasteiger partial charge in [-0.25, -0.2) is 10.1 Å². The van der Waals surface area contributed by atoms with Gasteiger partial charge in [0.25, 0.3) is 0 Å². The molecule has 0 bridgehead atoms. The Balaban J connectivity index is 2.06. The van der Waals surface area contributed by atoms with Gasteiger partial charge in [0.1, 0.15) is 12.1 Å². The lowest BCUT2D eigenvalue weighted by molar-refractivity contribution is 0.314. The highest BCUT2D eigenvalue weighted by Gasteiger charge is 2.05. The largest absolute Gasteiger partial charge is 0.493 e. The second-order valence-electron chi connectivity index (χ2n) is 3.79. The van der Waals surface area contributed by atoms with Crippen molar-refractivity contribution in [1.29, 1.82) is 0 Å². The Morgan fingerprint density at radius 3 is 3.06 bits per heavy atom. The van der Waals surface area contributed by atoms with Crippen LogP contribution in [0, 0.1) is 0 Å². The number of nitrogens with one attached hydrogen (secondary N) is 2. The molecule has 1 heterocycles. The Morgan fingerprint density at radius 1 is 1.44 bits per heavy atom. The van der Waals surface area contributed by atoms with Crippen LogP contribution in [0.25, 0.3) is 0 Å². The molecule has 5 nitrogen and oxygen atoms in total. The summed E-state index contributed by atoms with van der Waals surface area (Å²) < 4.78 is 6.73. The second kappa shape index (κ2) is 6.39. The molecule has 6 heteroatoms. The number of benzene rings is 1. The molecular weight excluding hydrogens is 296 g/mol. The van der Waals surface area contributed by atoms with Crippen molar-refractivity contribution in [2.75, 3.05) is 11.9 Å². The van der Waals surface area contributed by atoms with Gasteiger partial charge >= 0.3 is 0 Å². The van der Waals surface area contributed by atoms with Crippen LogP contribution in [0.5, 0.6) is 5.75 Å². The average Bonchev–Trinajstić information content (AvgIpc) is 2.88. The highest BCUT2D eigenvalue weighted by Crippen LogP contribution is 2.24. The van der Waals surface area contributed by atoms with E-state index in [0.717, 1.165) is 28.8 Å². The van der Waals surface area contributed by atoms with Crippen molar-refractivity contribution >= 4 is 21.9 Å². The van der Waals surface area contributed by atoms with Crippen LogP contribution in [0.15, 0.2) is 29.0 Å². The third-order valence-corrected chi connectivity index (χ3v) is 2.84. The number of H-pyrrole nitrogens is 1. The highest BCUT2D eigenvalue weighted by atomic mass is 79.9. The maximum absolute atomic E-state index is 5.70. The zero-order valence-electron chi connectivity index (χ0n) is 10.1. The smallest absolute Gasteiger partial charge is 0.218 e. The summed E-state index contributed by atoms with van der Waals surface area (Å²) in [6.07, 6.45) is 2.46. The van der Waals surface area contributed by atoms with Crippen molar-refractivity contribution in [3.05, 3.63) is 34.6 Å². The first-order valence-electron chi connectivity index (χ1n) is 5.80. The van der Waals surface area contributed by atoms with Crippen LogP contribution in [0.3, 0.4) is 0 Å². The lowest BCUT2D eigenvalue weighted by Crippen LogP contribution is -2.05. The summed E-state index contributed by atoms with van der Waals surface area (Å²) in [4.78, 5) is 4.02. The molecule has 0 spiro atoms. The number of hydrogen-bond donors (Lipinski definition) is 2. The van der Waals surface area contributed by atoms with Crippen LogP contribution in [-0.4, -0.2) is 21.8 Å². The third-order valence-electron chi connectivity index (χ3n) is 2.35. The van der Waals surface area contributed by atoms with E-state index in [0.29, 0.717) is 12.5 Å². The average molecular weight is 311 g/mol. The van der Waals surface area contributed by atoms with Crippen LogP contribution in [0.4, 0.5) is 5.95 Å². The van der Waals surface area contributed by atoms with Crippen LogP contribution in [-0.2, 0) is 6.54 Å². The predicted octanol–water partition coefficient (Wildman–Crippen LogP) is 2.97. The fourth-order valence-electron chi connectivity index (χ4n) is 1.51. The zero-order chi connectivity index (χ0) is 12.8. The number of anilines is 1. The second-order valence-corrected chi connectivity index (χ2v) is 4.70. The first-order chi connectivity index (χ1) is 8.79. The Morgan fingerprint density at radius 2 is 2.33 bits per heavy atom. The van der Waals surface area contributed by atoms with Crippen molar-refractivity contribution in [2.24, 2.45) is 0 Å². The van der Waals surface area contributed by atoms with Gasteiger partial charge in [0.2, 0.25) is 5.95 Å². The minimum Gasteiger partial charge on any atom is -0.493 e. The third kappa shape index (κ3) is 3.46. The molecule has 2 N–H and O–H groups in total. The van der Waals surface area contributed by atoms with Crippen molar-refractivity contribution in [3.8, 4) is 5.75 Å². The molecule has 0 fully saturated rings. The fourth-order valence-corrected chi connectivity index (χ4v) is 1.92. The molecule has 0 saturated carbocycles. The molecule has 0 aliphatic heterocycles. The van der Waals surface area contributed by atoms with Gasteiger partial charge in [0, 0.05) is 16.6 Å². The molecule has 96 valence electrons. The normalized spacial score (nSPS) is 10.3. The van der Waals surface area contributed by atoms with Crippen LogP contribution < -0.4 is 10.1 Å².